The van der Waals surface area contributed by atoms with E-state index in [-0.39, 0.29) is 40.2 Å². The van der Waals surface area contributed by atoms with Gasteiger partial charge in [-0.25, -0.2) is 9.78 Å². The van der Waals surface area contributed by atoms with Gasteiger partial charge in [0.2, 0.25) is 5.78 Å². The molecule has 0 bridgehead atoms. The van der Waals surface area contributed by atoms with Crippen LogP contribution in [0.5, 0.6) is 11.5 Å². The summed E-state index contributed by atoms with van der Waals surface area (Å²) in [5.41, 5.74) is 3.05. The third kappa shape index (κ3) is 3.79. The fraction of sp³-hybridized carbons (Fsp3) is 0.261. The first-order valence-corrected chi connectivity index (χ1v) is 10.8. The average molecular weight is 469 g/mol. The predicted octanol–water partition coefficient (Wildman–Crippen LogP) is 3.64. The molecule has 33 heavy (non-hydrogen) atoms. The molecule has 2 aliphatic heterocycles. The Morgan fingerprint density at radius 3 is 2.79 bits per heavy atom. The Balaban J connectivity index is 1.45. The fourth-order valence-corrected chi connectivity index (χ4v) is 4.42. The Hall–Kier alpha value is -3.56. The van der Waals surface area contributed by atoms with Crippen molar-refractivity contribution in [3.63, 3.8) is 0 Å². The standard InChI is InChI=1S/C23H21ClN4O5/c1-12-2-3-14-13(10-25-22(14)26-12)8-18-20(30)15-9-17(24)19(29)16(21(15)33-18)11-27-4-6-28(7-5-27)23(31)32/h2-3,8-10,29H,4-7,11H2,1H3,(H,25,26)(H,31,32)/b18-8-. The van der Waals surface area contributed by atoms with E-state index in [9.17, 15) is 14.7 Å². The van der Waals surface area contributed by atoms with E-state index in [2.05, 4.69) is 9.97 Å². The Morgan fingerprint density at radius 2 is 2.06 bits per heavy atom. The third-order valence-electron chi connectivity index (χ3n) is 6.00. The first-order chi connectivity index (χ1) is 15.8. The number of carboxylic acid groups (broad SMARTS) is 1. The molecule has 1 aromatic carbocycles. The van der Waals surface area contributed by atoms with Crippen molar-refractivity contribution in [2.75, 3.05) is 26.2 Å². The molecule has 0 unspecified atom stereocenters. The number of phenolic OH excluding ortho intramolecular Hbond substituents is 1. The number of fused-ring (bicyclic) bond motifs is 2. The number of H-pyrrole nitrogens is 1. The number of pyridine rings is 1. The molecule has 1 amide bonds. The summed E-state index contributed by atoms with van der Waals surface area (Å²) in [7, 11) is 0. The van der Waals surface area contributed by atoms with E-state index in [1.807, 2.05) is 24.0 Å². The Bertz CT molecular complexity index is 1320. The van der Waals surface area contributed by atoms with Crippen molar-refractivity contribution in [2.24, 2.45) is 0 Å². The zero-order valence-electron chi connectivity index (χ0n) is 17.8. The van der Waals surface area contributed by atoms with Crippen LogP contribution in [0.15, 0.2) is 30.2 Å². The molecule has 10 heteroatoms. The van der Waals surface area contributed by atoms with Crippen molar-refractivity contribution in [2.45, 2.75) is 13.5 Å². The van der Waals surface area contributed by atoms with Crippen molar-refractivity contribution in [1.82, 2.24) is 19.8 Å². The molecular weight excluding hydrogens is 448 g/mol. The number of nitrogens with one attached hydrogen (secondary N) is 1. The summed E-state index contributed by atoms with van der Waals surface area (Å²) in [4.78, 5) is 35.1. The second-order valence-corrected chi connectivity index (χ2v) is 8.55. The number of piperazine rings is 1. The van der Waals surface area contributed by atoms with Crippen LogP contribution in [0.4, 0.5) is 4.79 Å². The van der Waals surface area contributed by atoms with Gasteiger partial charge in [-0.1, -0.05) is 11.6 Å². The van der Waals surface area contributed by atoms with E-state index in [1.54, 1.807) is 12.3 Å². The second kappa shape index (κ2) is 8.09. The molecule has 3 N–H and O–H groups in total. The number of amides is 1. The van der Waals surface area contributed by atoms with Crippen LogP contribution in [0.25, 0.3) is 17.1 Å². The SMILES string of the molecule is Cc1ccc2c(/C=C3\Oc4c(cc(Cl)c(O)c4CN4CCN(C(=O)O)CC4)C3=O)c[nH]c2n1. The number of Topliss-reactive ketones (excluding diaryl/α,β-unsaturated/α-hetero) is 1. The Morgan fingerprint density at radius 1 is 1.30 bits per heavy atom. The number of aromatic amines is 1. The summed E-state index contributed by atoms with van der Waals surface area (Å²) in [6.45, 7) is 3.88. The topological polar surface area (TPSA) is 119 Å². The van der Waals surface area contributed by atoms with E-state index in [0.29, 0.717) is 37.4 Å². The van der Waals surface area contributed by atoms with Crippen molar-refractivity contribution in [1.29, 1.82) is 0 Å². The molecule has 4 heterocycles. The predicted molar refractivity (Wildman–Crippen MR) is 122 cm³/mol. The van der Waals surface area contributed by atoms with Gasteiger partial charge in [0.05, 0.1) is 16.1 Å². The normalized spacial score (nSPS) is 17.6. The van der Waals surface area contributed by atoms with E-state index in [0.717, 1.165) is 16.6 Å². The number of hydrogen-bond acceptors (Lipinski definition) is 6. The number of ether oxygens (including phenoxy) is 1. The van der Waals surface area contributed by atoms with Gasteiger partial charge in [-0.3, -0.25) is 9.69 Å². The summed E-state index contributed by atoms with van der Waals surface area (Å²) < 4.78 is 5.96. The summed E-state index contributed by atoms with van der Waals surface area (Å²) in [6.07, 6.45) is 2.46. The number of aromatic hydroxyl groups is 1. The van der Waals surface area contributed by atoms with Crippen LogP contribution in [0.3, 0.4) is 0 Å². The lowest BCUT2D eigenvalue weighted by molar-refractivity contribution is 0.101. The molecule has 1 fully saturated rings. The highest BCUT2D eigenvalue weighted by Gasteiger charge is 2.34. The number of ketones is 1. The van der Waals surface area contributed by atoms with Crippen LogP contribution in [0, 0.1) is 6.92 Å². The largest absolute Gasteiger partial charge is 0.506 e. The van der Waals surface area contributed by atoms with Crippen molar-refractivity contribution in [3.8, 4) is 11.5 Å². The second-order valence-electron chi connectivity index (χ2n) is 8.14. The lowest BCUT2D eigenvalue weighted by Gasteiger charge is -2.33. The smallest absolute Gasteiger partial charge is 0.407 e. The van der Waals surface area contributed by atoms with Crippen LogP contribution < -0.4 is 4.74 Å². The molecule has 1 saturated heterocycles. The van der Waals surface area contributed by atoms with Crippen molar-refractivity contribution >= 4 is 40.6 Å². The van der Waals surface area contributed by atoms with Crippen LogP contribution in [-0.2, 0) is 6.54 Å². The number of phenols is 1. The van der Waals surface area contributed by atoms with Gasteiger partial charge < -0.3 is 24.8 Å². The molecule has 2 aliphatic rings. The van der Waals surface area contributed by atoms with Gasteiger partial charge in [-0.15, -0.1) is 0 Å². The Labute approximate surface area is 193 Å². The number of benzene rings is 1. The minimum Gasteiger partial charge on any atom is -0.506 e. The summed E-state index contributed by atoms with van der Waals surface area (Å²) in [5.74, 6) is -0.0529. The zero-order chi connectivity index (χ0) is 23.3. The summed E-state index contributed by atoms with van der Waals surface area (Å²) in [6, 6.07) is 5.24. The van der Waals surface area contributed by atoms with Gasteiger partial charge >= 0.3 is 6.09 Å². The van der Waals surface area contributed by atoms with Crippen LogP contribution in [0.1, 0.15) is 27.2 Å². The fourth-order valence-electron chi connectivity index (χ4n) is 4.20. The van der Waals surface area contributed by atoms with Crippen molar-refractivity contribution < 1.29 is 24.5 Å². The quantitative estimate of drug-likeness (QED) is 0.502. The van der Waals surface area contributed by atoms with Gasteiger partial charge in [0, 0.05) is 55.6 Å². The van der Waals surface area contributed by atoms with Gasteiger partial charge in [0.15, 0.2) is 5.76 Å². The maximum absolute atomic E-state index is 13.1. The summed E-state index contributed by atoms with van der Waals surface area (Å²) in [5, 5.41) is 20.7. The molecule has 0 spiro atoms. The molecule has 5 rings (SSSR count). The first kappa shape index (κ1) is 21.3. The first-order valence-electron chi connectivity index (χ1n) is 10.5. The number of halogens is 1. The van der Waals surface area contributed by atoms with Crippen LogP contribution >= 0.6 is 11.6 Å². The molecular formula is C23H21ClN4O5. The molecule has 0 aliphatic carbocycles. The van der Waals surface area contributed by atoms with Crippen LogP contribution in [0.2, 0.25) is 5.02 Å². The van der Waals surface area contributed by atoms with Gasteiger partial charge in [-0.05, 0) is 31.2 Å². The molecule has 2 aromatic heterocycles. The highest BCUT2D eigenvalue weighted by atomic mass is 35.5. The van der Waals surface area contributed by atoms with E-state index >= 15 is 0 Å². The molecule has 0 atom stereocenters. The average Bonchev–Trinajstić information content (AvgIpc) is 3.32. The minimum atomic E-state index is -0.951. The van der Waals surface area contributed by atoms with Gasteiger partial charge in [0.1, 0.15) is 17.1 Å². The highest BCUT2D eigenvalue weighted by Crippen LogP contribution is 2.44. The molecule has 3 aromatic rings. The molecule has 9 nitrogen and oxygen atoms in total. The number of aromatic nitrogens is 2. The number of rotatable bonds is 3. The lowest BCUT2D eigenvalue weighted by atomic mass is 10.0. The number of carbonyl (C=O) groups excluding carboxylic acids is 1. The summed E-state index contributed by atoms with van der Waals surface area (Å²) >= 11 is 6.23. The minimum absolute atomic E-state index is 0.0675. The highest BCUT2D eigenvalue weighted by molar-refractivity contribution is 6.33. The monoisotopic (exact) mass is 468 g/mol. The number of nitrogens with zero attached hydrogens (tertiary/aromatic N) is 3. The number of aryl methyl sites for hydroxylation is 1. The Kier molecular flexibility index (Phi) is 5.22. The third-order valence-corrected chi connectivity index (χ3v) is 6.29. The number of carbonyl (C=O) groups is 2. The van der Waals surface area contributed by atoms with Crippen LogP contribution in [-0.4, -0.2) is 68.0 Å². The van der Waals surface area contributed by atoms with E-state index < -0.39 is 6.09 Å². The zero-order valence-corrected chi connectivity index (χ0v) is 18.5. The lowest BCUT2D eigenvalue weighted by Crippen LogP contribution is -2.47. The van der Waals surface area contributed by atoms with E-state index in [1.165, 1.54) is 11.0 Å². The molecule has 0 radical (unpaired) electrons. The molecule has 0 saturated carbocycles. The maximum Gasteiger partial charge on any atom is 0.407 e. The number of allylic oxidation sites excluding steroid dienone is 1. The number of hydrogen-bond donors (Lipinski definition) is 3. The van der Waals surface area contributed by atoms with Gasteiger partial charge in [0.25, 0.3) is 0 Å². The van der Waals surface area contributed by atoms with Gasteiger partial charge in [-0.2, -0.15) is 0 Å². The van der Waals surface area contributed by atoms with E-state index in [4.69, 9.17) is 21.4 Å². The van der Waals surface area contributed by atoms with Crippen molar-refractivity contribution in [3.05, 3.63) is 57.6 Å². The molecule has 170 valence electrons. The maximum atomic E-state index is 13.1.